The van der Waals surface area contributed by atoms with E-state index in [4.69, 9.17) is 0 Å². The Morgan fingerprint density at radius 2 is 1.62 bits per heavy atom. The highest BCUT2D eigenvalue weighted by Crippen LogP contribution is 2.69. The van der Waals surface area contributed by atoms with Gasteiger partial charge in [0.15, 0.2) is 0 Å². The third-order valence-electron chi connectivity index (χ3n) is 11.0. The fourth-order valence-corrected chi connectivity index (χ4v) is 9.55. The van der Waals surface area contributed by atoms with Gasteiger partial charge in [0.1, 0.15) is 0 Å². The van der Waals surface area contributed by atoms with Gasteiger partial charge in [-0.05, 0) is 110 Å². The Labute approximate surface area is 178 Å². The molecule has 3 N–H and O–H groups in total. The molecular formula is C26H46O3. The van der Waals surface area contributed by atoms with E-state index in [1.54, 1.807) is 0 Å². The van der Waals surface area contributed by atoms with E-state index >= 15 is 0 Å². The number of hydrogen-bond donors (Lipinski definition) is 3. The summed E-state index contributed by atoms with van der Waals surface area (Å²) in [7, 11) is 0. The van der Waals surface area contributed by atoms with Gasteiger partial charge in [0.2, 0.25) is 0 Å². The van der Waals surface area contributed by atoms with Gasteiger partial charge in [-0.1, -0.05) is 34.1 Å². The van der Waals surface area contributed by atoms with Crippen molar-refractivity contribution in [3.05, 3.63) is 0 Å². The van der Waals surface area contributed by atoms with Crippen molar-refractivity contribution in [2.24, 2.45) is 52.3 Å². The van der Waals surface area contributed by atoms with Crippen LogP contribution in [0.4, 0.5) is 0 Å². The maximum absolute atomic E-state index is 11.7. The first-order chi connectivity index (χ1) is 13.8. The quantitative estimate of drug-likeness (QED) is 0.601. The molecule has 0 unspecified atom stereocenters. The second-order valence-corrected chi connectivity index (χ2v) is 12.0. The Kier molecular flexibility index (Phi) is 6.17. The van der Waals surface area contributed by atoms with Gasteiger partial charge in [0.05, 0.1) is 12.2 Å². The Morgan fingerprint density at radius 1 is 0.931 bits per heavy atom. The molecule has 0 saturated heterocycles. The van der Waals surface area contributed by atoms with Gasteiger partial charge in [-0.25, -0.2) is 0 Å². The van der Waals surface area contributed by atoms with E-state index in [9.17, 15) is 15.3 Å². The maximum atomic E-state index is 11.7. The molecule has 4 aliphatic rings. The average Bonchev–Trinajstić information content (AvgIpc) is 3.05. The third-order valence-corrected chi connectivity index (χ3v) is 11.0. The maximum Gasteiger partial charge on any atom is 0.0605 e. The number of rotatable bonds is 5. The summed E-state index contributed by atoms with van der Waals surface area (Å²) in [5, 5.41) is 31.4. The topological polar surface area (TPSA) is 60.7 Å². The van der Waals surface area contributed by atoms with Crippen molar-refractivity contribution in [2.75, 3.05) is 6.61 Å². The van der Waals surface area contributed by atoms with Crippen LogP contribution in [-0.2, 0) is 0 Å². The van der Waals surface area contributed by atoms with Gasteiger partial charge < -0.3 is 15.3 Å². The van der Waals surface area contributed by atoms with Gasteiger partial charge in [-0.15, -0.1) is 0 Å². The molecule has 4 fully saturated rings. The predicted molar refractivity (Wildman–Crippen MR) is 117 cm³/mol. The zero-order valence-corrected chi connectivity index (χ0v) is 19.3. The highest BCUT2D eigenvalue weighted by molar-refractivity contribution is 5.13. The van der Waals surface area contributed by atoms with Gasteiger partial charge in [0.25, 0.3) is 0 Å². The minimum atomic E-state index is -0.190. The lowest BCUT2D eigenvalue weighted by molar-refractivity contribution is -0.203. The van der Waals surface area contributed by atoms with E-state index in [-0.39, 0.29) is 12.2 Å². The van der Waals surface area contributed by atoms with E-state index in [1.165, 1.54) is 25.7 Å². The minimum Gasteiger partial charge on any atom is -0.396 e. The van der Waals surface area contributed by atoms with E-state index in [1.807, 2.05) is 0 Å². The molecule has 0 heterocycles. The molecule has 4 rings (SSSR count). The summed E-state index contributed by atoms with van der Waals surface area (Å²) < 4.78 is 0. The monoisotopic (exact) mass is 406 g/mol. The Balaban J connectivity index is 1.63. The Bertz CT molecular complexity index is 578. The Morgan fingerprint density at radius 3 is 2.31 bits per heavy atom. The molecule has 29 heavy (non-hydrogen) atoms. The van der Waals surface area contributed by atoms with Crippen molar-refractivity contribution < 1.29 is 15.3 Å². The van der Waals surface area contributed by atoms with E-state index in [0.29, 0.717) is 52.9 Å². The highest BCUT2D eigenvalue weighted by Gasteiger charge is 2.64. The molecule has 0 bridgehead atoms. The van der Waals surface area contributed by atoms with Crippen LogP contribution in [0, 0.1) is 52.3 Å². The molecule has 4 aliphatic carbocycles. The SMILES string of the molecule is CC[C@H]1[C@@H](O)[C@@H]2[C@H](CC[C@]3(C)[C@@H]([C@H](C)CCCO)CC[C@@H]23)[C@@]2(C)CC[C@@H](O)C[C@@H]12. The van der Waals surface area contributed by atoms with Crippen molar-refractivity contribution >= 4 is 0 Å². The van der Waals surface area contributed by atoms with Crippen LogP contribution in [-0.4, -0.2) is 34.1 Å². The summed E-state index contributed by atoms with van der Waals surface area (Å²) in [6.07, 6.45) is 10.9. The molecule has 0 aromatic carbocycles. The zero-order chi connectivity index (χ0) is 21.0. The molecule has 0 aromatic heterocycles. The second-order valence-electron chi connectivity index (χ2n) is 12.0. The zero-order valence-electron chi connectivity index (χ0n) is 19.3. The van der Waals surface area contributed by atoms with Crippen molar-refractivity contribution in [1.82, 2.24) is 0 Å². The Hall–Kier alpha value is -0.120. The van der Waals surface area contributed by atoms with Crippen molar-refractivity contribution in [3.63, 3.8) is 0 Å². The average molecular weight is 407 g/mol. The molecule has 11 atom stereocenters. The largest absolute Gasteiger partial charge is 0.396 e. The number of hydrogen-bond acceptors (Lipinski definition) is 3. The molecule has 0 radical (unpaired) electrons. The van der Waals surface area contributed by atoms with Crippen molar-refractivity contribution in [3.8, 4) is 0 Å². The third kappa shape index (κ3) is 3.33. The molecule has 4 saturated carbocycles. The smallest absolute Gasteiger partial charge is 0.0605 e. The molecule has 0 spiro atoms. The molecule has 168 valence electrons. The van der Waals surface area contributed by atoms with Crippen LogP contribution >= 0.6 is 0 Å². The van der Waals surface area contributed by atoms with Crippen LogP contribution in [0.15, 0.2) is 0 Å². The second kappa shape index (κ2) is 8.10. The van der Waals surface area contributed by atoms with Gasteiger partial charge in [-0.3, -0.25) is 0 Å². The van der Waals surface area contributed by atoms with Crippen molar-refractivity contribution in [1.29, 1.82) is 0 Å². The number of fused-ring (bicyclic) bond motifs is 5. The van der Waals surface area contributed by atoms with Crippen LogP contribution in [0.3, 0.4) is 0 Å². The first kappa shape index (κ1) is 22.1. The fourth-order valence-electron chi connectivity index (χ4n) is 9.55. The summed E-state index contributed by atoms with van der Waals surface area (Å²) in [4.78, 5) is 0. The minimum absolute atomic E-state index is 0.164. The summed E-state index contributed by atoms with van der Waals surface area (Å²) in [6.45, 7) is 10.0. The van der Waals surface area contributed by atoms with Crippen LogP contribution in [0.2, 0.25) is 0 Å². The van der Waals surface area contributed by atoms with Crippen LogP contribution in [0.5, 0.6) is 0 Å². The van der Waals surface area contributed by atoms with Gasteiger partial charge in [-0.2, -0.15) is 0 Å². The summed E-state index contributed by atoms with van der Waals surface area (Å²) >= 11 is 0. The van der Waals surface area contributed by atoms with Crippen molar-refractivity contribution in [2.45, 2.75) is 104 Å². The van der Waals surface area contributed by atoms with Crippen LogP contribution < -0.4 is 0 Å². The lowest BCUT2D eigenvalue weighted by Gasteiger charge is -2.64. The summed E-state index contributed by atoms with van der Waals surface area (Å²) in [6, 6.07) is 0. The molecular weight excluding hydrogens is 360 g/mol. The lowest BCUT2D eigenvalue weighted by Crippen LogP contribution is -2.62. The standard InChI is InChI=1S/C26H46O3/c1-5-18-22-15-17(28)10-12-26(22,4)21-11-13-25(3)19(16(2)7-6-14-27)8-9-20(25)23(21)24(18)29/h16-24,27-29H,5-15H2,1-4H3/t16-,17-,18-,19-,20+,21+,22+,23+,24-,25-,26-/m1/s1. The van der Waals surface area contributed by atoms with E-state index in [2.05, 4.69) is 27.7 Å². The van der Waals surface area contributed by atoms with Crippen LogP contribution in [0.25, 0.3) is 0 Å². The first-order valence-electron chi connectivity index (χ1n) is 12.7. The molecule has 3 heteroatoms. The molecule has 3 nitrogen and oxygen atoms in total. The summed E-state index contributed by atoms with van der Waals surface area (Å²) in [5.41, 5.74) is 0.651. The summed E-state index contributed by atoms with van der Waals surface area (Å²) in [5.74, 6) is 3.97. The highest BCUT2D eigenvalue weighted by atomic mass is 16.3. The lowest BCUT2D eigenvalue weighted by atomic mass is 9.41. The first-order valence-corrected chi connectivity index (χ1v) is 12.7. The number of aliphatic hydroxyl groups excluding tert-OH is 3. The number of aliphatic hydroxyl groups is 3. The fraction of sp³-hybridized carbons (Fsp3) is 1.00. The normalized spacial score (nSPS) is 53.1. The van der Waals surface area contributed by atoms with E-state index in [0.717, 1.165) is 44.4 Å². The van der Waals surface area contributed by atoms with E-state index < -0.39 is 0 Å². The molecule has 0 aromatic rings. The van der Waals surface area contributed by atoms with Crippen LogP contribution in [0.1, 0.15) is 91.9 Å². The molecule has 0 amide bonds. The van der Waals surface area contributed by atoms with Gasteiger partial charge >= 0.3 is 0 Å². The predicted octanol–water partition coefficient (Wildman–Crippen LogP) is 5.02. The molecule has 0 aliphatic heterocycles. The van der Waals surface area contributed by atoms with Gasteiger partial charge in [0, 0.05) is 6.61 Å².